The van der Waals surface area contributed by atoms with Crippen LogP contribution in [0.15, 0.2) is 45.6 Å². The van der Waals surface area contributed by atoms with Crippen molar-refractivity contribution in [3.05, 3.63) is 58.3 Å². The largest absolute Gasteiger partial charge is 0.419 e. The van der Waals surface area contributed by atoms with Gasteiger partial charge in [-0.15, -0.1) is 0 Å². The maximum absolute atomic E-state index is 15.1. The summed E-state index contributed by atoms with van der Waals surface area (Å²) >= 11 is 0. The molecular weight excluding hydrogens is 441 g/mol. The van der Waals surface area contributed by atoms with Gasteiger partial charge in [-0.1, -0.05) is 18.2 Å². The van der Waals surface area contributed by atoms with Crippen LogP contribution in [-0.2, 0) is 23.0 Å². The molecule has 2 aromatic carbocycles. The van der Waals surface area contributed by atoms with Gasteiger partial charge in [0, 0.05) is 32.6 Å². The number of nitrogens with one attached hydrogen (secondary N) is 1. The zero-order valence-corrected chi connectivity index (χ0v) is 19.0. The van der Waals surface area contributed by atoms with E-state index in [4.69, 9.17) is 14.9 Å². The highest BCUT2D eigenvalue weighted by molar-refractivity contribution is 5.81. The molecule has 0 saturated carbocycles. The van der Waals surface area contributed by atoms with E-state index in [-0.39, 0.29) is 25.6 Å². The van der Waals surface area contributed by atoms with Crippen LogP contribution in [0.25, 0.3) is 22.2 Å². The Labute approximate surface area is 195 Å². The highest BCUT2D eigenvalue weighted by Crippen LogP contribution is 2.26. The maximum atomic E-state index is 15.1. The molecule has 1 amide bonds. The van der Waals surface area contributed by atoms with Gasteiger partial charge in [0.05, 0.1) is 18.2 Å². The minimum absolute atomic E-state index is 0.0961. The van der Waals surface area contributed by atoms with E-state index in [0.29, 0.717) is 28.8 Å². The fourth-order valence-corrected chi connectivity index (χ4v) is 4.17. The Bertz CT molecular complexity index is 1310. The van der Waals surface area contributed by atoms with Crippen LogP contribution in [0.1, 0.15) is 5.56 Å². The number of aromatic nitrogens is 1. The van der Waals surface area contributed by atoms with Crippen molar-refractivity contribution in [2.45, 2.75) is 24.6 Å². The van der Waals surface area contributed by atoms with Crippen LogP contribution in [0.5, 0.6) is 0 Å². The highest BCUT2D eigenvalue weighted by atomic mass is 19.1. The average Bonchev–Trinajstić information content (AvgIpc) is 2.99. The van der Waals surface area contributed by atoms with Crippen molar-refractivity contribution < 1.29 is 18.3 Å². The number of hydrogen-bond acceptors (Lipinski definition) is 7. The van der Waals surface area contributed by atoms with Gasteiger partial charge in [0.15, 0.2) is 5.58 Å². The van der Waals surface area contributed by atoms with Crippen molar-refractivity contribution >= 4 is 17.0 Å². The number of hydrogen-bond donors (Lipinski definition) is 2. The zero-order chi connectivity index (χ0) is 24.4. The molecule has 1 aromatic heterocycles. The maximum Gasteiger partial charge on any atom is 0.419 e. The number of aryl methyl sites for hydroxylation is 1. The Balaban J connectivity index is 1.57. The van der Waals surface area contributed by atoms with Crippen molar-refractivity contribution in [3.8, 4) is 17.2 Å². The number of fused-ring (bicyclic) bond motifs is 1. The van der Waals surface area contributed by atoms with Crippen molar-refractivity contribution in [3.63, 3.8) is 0 Å². The Hall–Kier alpha value is -3.52. The van der Waals surface area contributed by atoms with Crippen LogP contribution in [0, 0.1) is 17.1 Å². The van der Waals surface area contributed by atoms with Crippen molar-refractivity contribution in [1.82, 2.24) is 14.8 Å². The molecule has 3 N–H and O–H groups in total. The third-order valence-corrected chi connectivity index (χ3v) is 6.26. The van der Waals surface area contributed by atoms with E-state index >= 15 is 4.39 Å². The predicted molar refractivity (Wildman–Crippen MR) is 123 cm³/mol. The standard InChI is InChI=1S/C24H26FN5O4/c1-28-17-11-30(12-22(23(27)31)33-13-17)18(10-26)7-16-4-3-14(8-19(16)25)15-5-6-21-20(9-15)29(2)24(32)34-21/h3-6,8-9,17-18,22,28H,7,11-13H2,1-2H3,(H2,27,31)/t17-,18-,22-/m0/s1. The van der Waals surface area contributed by atoms with Gasteiger partial charge >= 0.3 is 5.76 Å². The van der Waals surface area contributed by atoms with Crippen molar-refractivity contribution in [2.24, 2.45) is 12.8 Å². The van der Waals surface area contributed by atoms with Gasteiger partial charge in [-0.05, 0) is 41.9 Å². The van der Waals surface area contributed by atoms with Crippen molar-refractivity contribution in [2.75, 3.05) is 26.7 Å². The number of rotatable bonds is 6. The Kier molecular flexibility index (Phi) is 6.79. The number of carbonyl (C=O) groups excluding carboxylic acids is 1. The molecule has 1 aliphatic rings. The molecule has 3 atom stereocenters. The lowest BCUT2D eigenvalue weighted by molar-refractivity contribution is -0.129. The molecule has 0 bridgehead atoms. The lowest BCUT2D eigenvalue weighted by atomic mass is 9.99. The van der Waals surface area contributed by atoms with Crippen LogP contribution in [0.4, 0.5) is 4.39 Å². The summed E-state index contributed by atoms with van der Waals surface area (Å²) in [7, 11) is 3.38. The number of halogens is 1. The minimum atomic E-state index is -0.838. The van der Waals surface area contributed by atoms with E-state index in [9.17, 15) is 14.9 Å². The third-order valence-electron chi connectivity index (χ3n) is 6.26. The fraction of sp³-hybridized carbons (Fsp3) is 0.375. The molecule has 1 fully saturated rings. The number of benzene rings is 2. The highest BCUT2D eigenvalue weighted by Gasteiger charge is 2.31. The predicted octanol–water partition coefficient (Wildman–Crippen LogP) is 1.15. The van der Waals surface area contributed by atoms with E-state index in [1.165, 1.54) is 10.6 Å². The third kappa shape index (κ3) is 4.72. The number of likely N-dealkylation sites (N-methyl/N-ethyl adjacent to an activating group) is 1. The molecule has 0 radical (unpaired) electrons. The first-order chi connectivity index (χ1) is 16.3. The molecule has 0 unspecified atom stereocenters. The monoisotopic (exact) mass is 467 g/mol. The second kappa shape index (κ2) is 9.77. The fourth-order valence-electron chi connectivity index (χ4n) is 4.17. The Morgan fingerprint density at radius 2 is 2.03 bits per heavy atom. The van der Waals surface area contributed by atoms with Gasteiger partial charge in [-0.2, -0.15) is 5.26 Å². The molecule has 0 aliphatic carbocycles. The molecule has 178 valence electrons. The van der Waals surface area contributed by atoms with Gasteiger partial charge in [0.2, 0.25) is 5.91 Å². The molecule has 4 rings (SSSR count). The lowest BCUT2D eigenvalue weighted by Crippen LogP contribution is -2.47. The quantitative estimate of drug-likeness (QED) is 0.557. The second-order valence-electron chi connectivity index (χ2n) is 8.43. The molecule has 1 saturated heterocycles. The summed E-state index contributed by atoms with van der Waals surface area (Å²) in [4.78, 5) is 25.3. The number of nitriles is 1. The number of primary amides is 1. The molecule has 2 heterocycles. The summed E-state index contributed by atoms with van der Waals surface area (Å²) in [5.41, 5.74) is 8.27. The van der Waals surface area contributed by atoms with E-state index in [2.05, 4.69) is 11.4 Å². The molecule has 0 spiro atoms. The van der Waals surface area contributed by atoms with Gasteiger partial charge in [0.1, 0.15) is 18.0 Å². The normalized spacial score (nSPS) is 20.1. The van der Waals surface area contributed by atoms with Crippen LogP contribution < -0.4 is 16.8 Å². The molecule has 10 heteroatoms. The Morgan fingerprint density at radius 1 is 1.29 bits per heavy atom. The van der Waals surface area contributed by atoms with Gasteiger partial charge < -0.3 is 20.2 Å². The summed E-state index contributed by atoms with van der Waals surface area (Å²) < 4.78 is 27.2. The molecule has 34 heavy (non-hydrogen) atoms. The van der Waals surface area contributed by atoms with E-state index in [0.717, 1.165) is 5.56 Å². The summed E-state index contributed by atoms with van der Waals surface area (Å²) in [5, 5.41) is 12.9. The molecule has 9 nitrogen and oxygen atoms in total. The number of nitrogens with zero attached hydrogens (tertiary/aromatic N) is 3. The summed E-state index contributed by atoms with van der Waals surface area (Å²) in [5.74, 6) is -1.50. The Morgan fingerprint density at radius 3 is 2.71 bits per heavy atom. The average molecular weight is 468 g/mol. The van der Waals surface area contributed by atoms with Crippen LogP contribution in [0.3, 0.4) is 0 Å². The first-order valence-electron chi connectivity index (χ1n) is 10.9. The van der Waals surface area contributed by atoms with Crippen LogP contribution in [-0.4, -0.2) is 60.3 Å². The summed E-state index contributed by atoms with van der Waals surface area (Å²) in [6.45, 7) is 0.908. The lowest BCUT2D eigenvalue weighted by Gasteiger charge is -2.28. The SMILES string of the molecule is CN[C@@H]1CO[C@H](C(N)=O)CN([C@H](C#N)Cc2ccc(-c3ccc4oc(=O)n(C)c4c3)cc2F)C1. The van der Waals surface area contributed by atoms with E-state index < -0.39 is 29.6 Å². The number of ether oxygens (including phenoxy) is 1. The number of amides is 1. The number of oxazole rings is 1. The van der Waals surface area contributed by atoms with Crippen LogP contribution >= 0.6 is 0 Å². The topological polar surface area (TPSA) is 127 Å². The number of nitrogens with two attached hydrogens (primary N) is 1. The van der Waals surface area contributed by atoms with Gasteiger partial charge in [-0.25, -0.2) is 9.18 Å². The van der Waals surface area contributed by atoms with Gasteiger partial charge in [0.25, 0.3) is 0 Å². The molecule has 3 aromatic rings. The smallest absolute Gasteiger partial charge is 0.408 e. The first kappa shape index (κ1) is 23.6. The summed E-state index contributed by atoms with van der Waals surface area (Å²) in [6, 6.07) is 11.5. The zero-order valence-electron chi connectivity index (χ0n) is 19.0. The van der Waals surface area contributed by atoms with E-state index in [1.54, 1.807) is 44.4 Å². The molecular formula is C24H26FN5O4. The summed E-state index contributed by atoms with van der Waals surface area (Å²) in [6.07, 6.45) is -0.699. The van der Waals surface area contributed by atoms with Gasteiger partial charge in [-0.3, -0.25) is 14.3 Å². The molecule has 1 aliphatic heterocycles. The minimum Gasteiger partial charge on any atom is -0.408 e. The first-order valence-corrected chi connectivity index (χ1v) is 10.9. The van der Waals surface area contributed by atoms with E-state index in [1.807, 2.05) is 4.90 Å². The van der Waals surface area contributed by atoms with Crippen molar-refractivity contribution in [1.29, 1.82) is 5.26 Å². The van der Waals surface area contributed by atoms with Crippen LogP contribution in [0.2, 0.25) is 0 Å². The second-order valence-corrected chi connectivity index (χ2v) is 8.43. The number of carbonyl (C=O) groups is 1.